The fourth-order valence-electron chi connectivity index (χ4n) is 3.02. The van der Waals surface area contributed by atoms with Crippen LogP contribution in [0.4, 0.5) is 11.5 Å². The predicted molar refractivity (Wildman–Crippen MR) is 73.0 cm³/mol. The van der Waals surface area contributed by atoms with E-state index in [-0.39, 0.29) is 0 Å². The second-order valence-corrected chi connectivity index (χ2v) is 5.44. The number of nitrogen functional groups attached to an aromatic ring is 1. The molecule has 5 heteroatoms. The van der Waals surface area contributed by atoms with Crippen LogP contribution in [0.2, 0.25) is 5.02 Å². The van der Waals surface area contributed by atoms with Crippen molar-refractivity contribution in [3.8, 4) is 0 Å². The van der Waals surface area contributed by atoms with E-state index >= 15 is 0 Å². The number of aromatic nitrogens is 1. The monoisotopic (exact) mass is 267 g/mol. The second-order valence-electron chi connectivity index (χ2n) is 5.03. The van der Waals surface area contributed by atoms with E-state index in [1.54, 1.807) is 12.3 Å². The van der Waals surface area contributed by atoms with E-state index in [4.69, 9.17) is 22.1 Å². The van der Waals surface area contributed by atoms with E-state index < -0.39 is 0 Å². The minimum absolute atomic E-state index is 0.336. The summed E-state index contributed by atoms with van der Waals surface area (Å²) in [4.78, 5) is 6.71. The molecule has 2 atom stereocenters. The van der Waals surface area contributed by atoms with Crippen LogP contribution in [-0.2, 0) is 4.74 Å². The molecule has 1 saturated carbocycles. The molecule has 0 bridgehead atoms. The van der Waals surface area contributed by atoms with Gasteiger partial charge >= 0.3 is 0 Å². The van der Waals surface area contributed by atoms with Crippen LogP contribution >= 0.6 is 11.6 Å². The molecule has 18 heavy (non-hydrogen) atoms. The number of rotatable bonds is 1. The Morgan fingerprint density at radius 2 is 2.22 bits per heavy atom. The van der Waals surface area contributed by atoms with Crippen LogP contribution in [0.1, 0.15) is 25.7 Å². The quantitative estimate of drug-likeness (QED) is 0.849. The topological polar surface area (TPSA) is 51.4 Å². The number of halogens is 1. The number of anilines is 2. The third-order valence-corrected chi connectivity index (χ3v) is 4.13. The molecule has 3 rings (SSSR count). The number of pyridine rings is 1. The van der Waals surface area contributed by atoms with E-state index in [2.05, 4.69) is 9.88 Å². The number of morpholine rings is 1. The van der Waals surface area contributed by atoms with Gasteiger partial charge < -0.3 is 15.4 Å². The highest BCUT2D eigenvalue weighted by Crippen LogP contribution is 2.34. The number of fused-ring (bicyclic) bond motifs is 1. The van der Waals surface area contributed by atoms with Gasteiger partial charge in [0.1, 0.15) is 5.82 Å². The Bertz CT molecular complexity index is 438. The average Bonchev–Trinajstić information content (AvgIpc) is 2.38. The Kier molecular flexibility index (Phi) is 3.31. The first-order valence-corrected chi connectivity index (χ1v) is 6.93. The van der Waals surface area contributed by atoms with Gasteiger partial charge in [-0.15, -0.1) is 0 Å². The van der Waals surface area contributed by atoms with Crippen molar-refractivity contribution in [2.24, 2.45) is 0 Å². The zero-order valence-corrected chi connectivity index (χ0v) is 11.1. The smallest absolute Gasteiger partial charge is 0.147 e. The molecule has 2 fully saturated rings. The summed E-state index contributed by atoms with van der Waals surface area (Å²) in [5.74, 6) is 0.853. The fourth-order valence-corrected chi connectivity index (χ4v) is 3.30. The number of nitrogens with zero attached hydrogens (tertiary/aromatic N) is 2. The highest BCUT2D eigenvalue weighted by atomic mass is 35.5. The highest BCUT2D eigenvalue weighted by Gasteiger charge is 2.35. The summed E-state index contributed by atoms with van der Waals surface area (Å²) < 4.78 is 5.86. The molecular formula is C13H18ClN3O. The molecule has 2 heterocycles. The standard InChI is InChI=1S/C13H18ClN3O/c14-10-7-9(15)8-16-13(10)17-5-6-18-12-4-2-1-3-11(12)17/h7-8,11-12H,1-6,15H2. The van der Waals surface area contributed by atoms with Crippen molar-refractivity contribution in [3.05, 3.63) is 17.3 Å². The summed E-state index contributed by atoms with van der Waals surface area (Å²) >= 11 is 6.27. The molecule has 98 valence electrons. The summed E-state index contributed by atoms with van der Waals surface area (Å²) in [7, 11) is 0. The van der Waals surface area contributed by atoms with Gasteiger partial charge in [-0.3, -0.25) is 0 Å². The van der Waals surface area contributed by atoms with Crippen LogP contribution in [0.15, 0.2) is 12.3 Å². The van der Waals surface area contributed by atoms with Crippen molar-refractivity contribution in [3.63, 3.8) is 0 Å². The SMILES string of the molecule is Nc1cnc(N2CCOC3CCCCC32)c(Cl)c1. The Balaban J connectivity index is 1.89. The van der Waals surface area contributed by atoms with Gasteiger partial charge in [0.05, 0.1) is 35.7 Å². The van der Waals surface area contributed by atoms with Gasteiger partial charge in [0.25, 0.3) is 0 Å². The zero-order chi connectivity index (χ0) is 12.5. The van der Waals surface area contributed by atoms with Crippen molar-refractivity contribution < 1.29 is 4.74 Å². The summed E-state index contributed by atoms with van der Waals surface area (Å²) in [6.07, 6.45) is 6.84. The maximum Gasteiger partial charge on any atom is 0.147 e. The van der Waals surface area contributed by atoms with Crippen molar-refractivity contribution in [2.45, 2.75) is 37.8 Å². The summed E-state index contributed by atoms with van der Waals surface area (Å²) in [5, 5.41) is 0.640. The van der Waals surface area contributed by atoms with Crippen LogP contribution < -0.4 is 10.6 Å². The van der Waals surface area contributed by atoms with Gasteiger partial charge in [0.15, 0.2) is 0 Å². The molecule has 1 aliphatic heterocycles. The summed E-state index contributed by atoms with van der Waals surface area (Å²) in [6, 6.07) is 2.19. The van der Waals surface area contributed by atoms with E-state index in [1.165, 1.54) is 12.8 Å². The minimum atomic E-state index is 0.336. The zero-order valence-electron chi connectivity index (χ0n) is 10.3. The molecule has 2 unspecified atom stereocenters. The lowest BCUT2D eigenvalue weighted by atomic mass is 9.90. The molecule has 2 N–H and O–H groups in total. The Morgan fingerprint density at radius 3 is 3.06 bits per heavy atom. The van der Waals surface area contributed by atoms with Gasteiger partial charge in [0.2, 0.25) is 0 Å². The molecule has 1 aromatic rings. The number of ether oxygens (including phenoxy) is 1. The van der Waals surface area contributed by atoms with Crippen LogP contribution in [0.3, 0.4) is 0 Å². The van der Waals surface area contributed by atoms with Crippen LogP contribution in [0.5, 0.6) is 0 Å². The molecule has 1 saturated heterocycles. The molecular weight excluding hydrogens is 250 g/mol. The van der Waals surface area contributed by atoms with Gasteiger partial charge in [-0.05, 0) is 18.9 Å². The molecule has 1 aromatic heterocycles. The third kappa shape index (κ3) is 2.15. The molecule has 1 aliphatic carbocycles. The van der Waals surface area contributed by atoms with Crippen LogP contribution in [0.25, 0.3) is 0 Å². The molecule has 4 nitrogen and oxygen atoms in total. The normalized spacial score (nSPS) is 27.9. The Hall–Kier alpha value is -1.00. The average molecular weight is 268 g/mol. The van der Waals surface area contributed by atoms with E-state index in [0.717, 1.165) is 31.8 Å². The molecule has 0 spiro atoms. The van der Waals surface area contributed by atoms with Crippen molar-refractivity contribution in [1.82, 2.24) is 4.98 Å². The van der Waals surface area contributed by atoms with E-state index in [0.29, 0.717) is 22.9 Å². The number of hydrogen-bond donors (Lipinski definition) is 1. The van der Waals surface area contributed by atoms with E-state index in [9.17, 15) is 0 Å². The van der Waals surface area contributed by atoms with Gasteiger partial charge in [0, 0.05) is 6.54 Å². The van der Waals surface area contributed by atoms with Gasteiger partial charge in [-0.1, -0.05) is 24.4 Å². The molecule has 0 aromatic carbocycles. The number of nitrogens with two attached hydrogens (primary N) is 1. The second kappa shape index (κ2) is 4.94. The third-order valence-electron chi connectivity index (χ3n) is 3.85. The van der Waals surface area contributed by atoms with Crippen molar-refractivity contribution >= 4 is 23.1 Å². The van der Waals surface area contributed by atoms with Crippen molar-refractivity contribution in [1.29, 1.82) is 0 Å². The highest BCUT2D eigenvalue weighted by molar-refractivity contribution is 6.33. The van der Waals surface area contributed by atoms with Gasteiger partial charge in [-0.25, -0.2) is 4.98 Å². The fraction of sp³-hybridized carbons (Fsp3) is 0.615. The molecule has 0 amide bonds. The lowest BCUT2D eigenvalue weighted by Crippen LogP contribution is -2.53. The maximum atomic E-state index is 6.27. The molecule has 0 radical (unpaired) electrons. The van der Waals surface area contributed by atoms with E-state index in [1.807, 2.05) is 0 Å². The first-order chi connectivity index (χ1) is 8.75. The Labute approximate surface area is 112 Å². The lowest BCUT2D eigenvalue weighted by Gasteiger charge is -2.44. The lowest BCUT2D eigenvalue weighted by molar-refractivity contribution is -0.00897. The predicted octanol–water partition coefficient (Wildman–Crippen LogP) is 2.47. The summed E-state index contributed by atoms with van der Waals surface area (Å²) in [5.41, 5.74) is 6.31. The number of hydrogen-bond acceptors (Lipinski definition) is 4. The first kappa shape index (κ1) is 12.1. The minimum Gasteiger partial charge on any atom is -0.397 e. The maximum absolute atomic E-state index is 6.27. The van der Waals surface area contributed by atoms with Gasteiger partial charge in [-0.2, -0.15) is 0 Å². The van der Waals surface area contributed by atoms with Crippen LogP contribution in [-0.4, -0.2) is 30.3 Å². The van der Waals surface area contributed by atoms with Crippen molar-refractivity contribution in [2.75, 3.05) is 23.8 Å². The molecule has 2 aliphatic rings. The summed E-state index contributed by atoms with van der Waals surface area (Å²) in [6.45, 7) is 1.61. The Morgan fingerprint density at radius 1 is 1.39 bits per heavy atom. The largest absolute Gasteiger partial charge is 0.397 e. The van der Waals surface area contributed by atoms with Crippen LogP contribution in [0, 0.1) is 0 Å². The first-order valence-electron chi connectivity index (χ1n) is 6.55.